The Morgan fingerprint density at radius 2 is 1.91 bits per heavy atom. The number of halogens is 1. The van der Waals surface area contributed by atoms with Crippen molar-refractivity contribution in [2.45, 2.75) is 51.8 Å². The summed E-state index contributed by atoms with van der Waals surface area (Å²) >= 11 is 6.23. The van der Waals surface area contributed by atoms with E-state index in [1.807, 2.05) is 0 Å². The average Bonchev–Trinajstić information content (AvgIpc) is 2.62. The Morgan fingerprint density at radius 1 is 1.36 bits per heavy atom. The monoisotopic (exact) mass is 174 g/mol. The lowest BCUT2D eigenvalue weighted by molar-refractivity contribution is 0.364. The van der Waals surface area contributed by atoms with Crippen LogP contribution in [0, 0.1) is 11.3 Å². The first-order chi connectivity index (χ1) is 5.00. The molecule has 1 aliphatic carbocycles. The van der Waals surface area contributed by atoms with Crippen LogP contribution in [0.15, 0.2) is 0 Å². The molecule has 0 heterocycles. The molecule has 66 valence electrons. The second-order valence-electron chi connectivity index (χ2n) is 4.85. The van der Waals surface area contributed by atoms with Crippen molar-refractivity contribution in [2.75, 3.05) is 0 Å². The van der Waals surface area contributed by atoms with E-state index in [1.165, 1.54) is 25.7 Å². The van der Waals surface area contributed by atoms with Gasteiger partial charge >= 0.3 is 0 Å². The molecule has 0 radical (unpaired) electrons. The topological polar surface area (TPSA) is 0 Å². The molecule has 0 aromatic carbocycles. The normalized spacial score (nSPS) is 21.8. The first kappa shape index (κ1) is 9.38. The van der Waals surface area contributed by atoms with Gasteiger partial charge in [0.25, 0.3) is 0 Å². The summed E-state index contributed by atoms with van der Waals surface area (Å²) in [6.45, 7) is 6.66. The highest BCUT2D eigenvalue weighted by molar-refractivity contribution is 6.21. The lowest BCUT2D eigenvalue weighted by Gasteiger charge is -2.24. The first-order valence-electron chi connectivity index (χ1n) is 4.64. The maximum absolute atomic E-state index is 6.23. The van der Waals surface area contributed by atoms with Gasteiger partial charge in [-0.1, -0.05) is 33.6 Å². The highest BCUT2D eigenvalue weighted by Gasteiger charge is 2.26. The van der Waals surface area contributed by atoms with Crippen LogP contribution in [0.2, 0.25) is 0 Å². The molecule has 0 saturated heterocycles. The van der Waals surface area contributed by atoms with Crippen molar-refractivity contribution in [3.05, 3.63) is 0 Å². The second kappa shape index (κ2) is 3.35. The molecule has 0 amide bonds. The molecule has 1 rings (SSSR count). The van der Waals surface area contributed by atoms with Crippen molar-refractivity contribution < 1.29 is 0 Å². The minimum Gasteiger partial charge on any atom is -0.122 e. The molecule has 0 nitrogen and oxygen atoms in total. The van der Waals surface area contributed by atoms with E-state index in [0.29, 0.717) is 5.38 Å². The highest BCUT2D eigenvalue weighted by Crippen LogP contribution is 2.37. The fourth-order valence-corrected chi connectivity index (χ4v) is 1.35. The fourth-order valence-electron chi connectivity index (χ4n) is 1.22. The van der Waals surface area contributed by atoms with Gasteiger partial charge in [0, 0.05) is 5.38 Å². The van der Waals surface area contributed by atoms with Gasteiger partial charge in [0.2, 0.25) is 0 Å². The molecule has 1 saturated carbocycles. The van der Waals surface area contributed by atoms with Crippen molar-refractivity contribution in [3.63, 3.8) is 0 Å². The van der Waals surface area contributed by atoms with Crippen LogP contribution in [-0.2, 0) is 0 Å². The van der Waals surface area contributed by atoms with Gasteiger partial charge in [-0.25, -0.2) is 0 Å². The molecule has 0 spiro atoms. The maximum atomic E-state index is 6.23. The number of hydrogen-bond acceptors (Lipinski definition) is 0. The Labute approximate surface area is 75.3 Å². The number of hydrogen-bond donors (Lipinski definition) is 0. The second-order valence-corrected chi connectivity index (χ2v) is 5.38. The minimum absolute atomic E-state index is 0.288. The number of alkyl halides is 1. The predicted octanol–water partition coefficient (Wildman–Crippen LogP) is 3.83. The Balaban J connectivity index is 2.13. The molecule has 0 aromatic rings. The van der Waals surface area contributed by atoms with Crippen LogP contribution in [0.1, 0.15) is 46.5 Å². The minimum atomic E-state index is 0.288. The number of rotatable bonds is 3. The zero-order valence-electron chi connectivity index (χ0n) is 7.86. The van der Waals surface area contributed by atoms with Crippen molar-refractivity contribution in [2.24, 2.45) is 11.3 Å². The van der Waals surface area contributed by atoms with E-state index >= 15 is 0 Å². The van der Waals surface area contributed by atoms with E-state index in [0.717, 1.165) is 5.92 Å². The molecule has 1 heteroatoms. The van der Waals surface area contributed by atoms with E-state index in [1.54, 1.807) is 0 Å². The Bertz CT molecular complexity index is 119. The molecular formula is C10H19Cl. The van der Waals surface area contributed by atoms with E-state index in [4.69, 9.17) is 11.6 Å². The summed E-state index contributed by atoms with van der Waals surface area (Å²) in [5.74, 6) is 1.03. The molecule has 0 aliphatic heterocycles. The Kier molecular flexibility index (Phi) is 2.85. The molecule has 1 atom stereocenters. The van der Waals surface area contributed by atoms with Crippen LogP contribution in [0.3, 0.4) is 0 Å². The first-order valence-corrected chi connectivity index (χ1v) is 5.08. The Hall–Kier alpha value is 0.290. The van der Waals surface area contributed by atoms with Gasteiger partial charge in [-0.2, -0.15) is 0 Å². The van der Waals surface area contributed by atoms with Gasteiger partial charge in [0.1, 0.15) is 0 Å². The van der Waals surface area contributed by atoms with E-state index in [-0.39, 0.29) is 5.41 Å². The molecule has 1 fully saturated rings. The average molecular weight is 175 g/mol. The fraction of sp³-hybridized carbons (Fsp3) is 1.00. The van der Waals surface area contributed by atoms with Crippen LogP contribution in [0.5, 0.6) is 0 Å². The third-order valence-corrected chi connectivity index (χ3v) is 3.34. The van der Waals surface area contributed by atoms with Crippen LogP contribution in [0.25, 0.3) is 0 Å². The van der Waals surface area contributed by atoms with E-state index < -0.39 is 0 Å². The van der Waals surface area contributed by atoms with Crippen molar-refractivity contribution >= 4 is 11.6 Å². The summed E-state index contributed by atoms with van der Waals surface area (Å²) in [4.78, 5) is 0. The lowest BCUT2D eigenvalue weighted by atomic mass is 9.88. The third kappa shape index (κ3) is 3.46. The van der Waals surface area contributed by atoms with Crippen LogP contribution in [0.4, 0.5) is 0 Å². The Morgan fingerprint density at radius 3 is 2.27 bits per heavy atom. The van der Waals surface area contributed by atoms with Crippen molar-refractivity contribution in [3.8, 4) is 0 Å². The molecule has 1 aliphatic rings. The highest BCUT2D eigenvalue weighted by atomic mass is 35.5. The van der Waals surface area contributed by atoms with E-state index in [2.05, 4.69) is 20.8 Å². The van der Waals surface area contributed by atoms with Gasteiger partial charge < -0.3 is 0 Å². The molecule has 0 bridgehead atoms. The van der Waals surface area contributed by atoms with Crippen LogP contribution < -0.4 is 0 Å². The van der Waals surface area contributed by atoms with E-state index in [9.17, 15) is 0 Å². The zero-order valence-corrected chi connectivity index (χ0v) is 8.62. The van der Waals surface area contributed by atoms with Gasteiger partial charge in [-0.05, 0) is 24.2 Å². The molecule has 1 unspecified atom stereocenters. The summed E-state index contributed by atoms with van der Waals surface area (Å²) in [5, 5.41) is 0.364. The third-order valence-electron chi connectivity index (χ3n) is 2.46. The standard InChI is InChI=1S/C10H19Cl/c1-10(2,3)9(11)7-6-8-4-5-8/h8-9H,4-7H2,1-3H3. The molecule has 0 aromatic heterocycles. The largest absolute Gasteiger partial charge is 0.122 e. The van der Waals surface area contributed by atoms with Crippen LogP contribution in [-0.4, -0.2) is 5.38 Å². The summed E-state index contributed by atoms with van der Waals surface area (Å²) < 4.78 is 0. The summed E-state index contributed by atoms with van der Waals surface area (Å²) in [7, 11) is 0. The summed E-state index contributed by atoms with van der Waals surface area (Å²) in [5.41, 5.74) is 0.288. The van der Waals surface area contributed by atoms with Gasteiger partial charge in [0.15, 0.2) is 0 Å². The lowest BCUT2D eigenvalue weighted by Crippen LogP contribution is -2.20. The molecular weight excluding hydrogens is 156 g/mol. The quantitative estimate of drug-likeness (QED) is 0.571. The van der Waals surface area contributed by atoms with Gasteiger partial charge in [-0.3, -0.25) is 0 Å². The van der Waals surface area contributed by atoms with Gasteiger partial charge in [-0.15, -0.1) is 11.6 Å². The molecule has 11 heavy (non-hydrogen) atoms. The SMILES string of the molecule is CC(C)(C)C(Cl)CCC1CC1. The smallest absolute Gasteiger partial charge is 0.0384 e. The van der Waals surface area contributed by atoms with Gasteiger partial charge in [0.05, 0.1) is 0 Å². The summed E-state index contributed by atoms with van der Waals surface area (Å²) in [6, 6.07) is 0. The van der Waals surface area contributed by atoms with Crippen LogP contribution >= 0.6 is 11.6 Å². The van der Waals surface area contributed by atoms with Crippen molar-refractivity contribution in [1.82, 2.24) is 0 Å². The van der Waals surface area contributed by atoms with Crippen molar-refractivity contribution in [1.29, 1.82) is 0 Å². The zero-order chi connectivity index (χ0) is 8.48. The maximum Gasteiger partial charge on any atom is 0.0384 e. The molecule has 0 N–H and O–H groups in total. The summed E-state index contributed by atoms with van der Waals surface area (Å²) in [6.07, 6.45) is 5.46. The predicted molar refractivity (Wildman–Crippen MR) is 51.1 cm³/mol.